The Hall–Kier alpha value is -3.62. The Kier molecular flexibility index (Phi) is 6.45. The van der Waals surface area contributed by atoms with Crippen LogP contribution in [0, 0.1) is 11.9 Å². The van der Waals surface area contributed by atoms with Crippen LogP contribution in [0.2, 0.25) is 0 Å². The predicted octanol–water partition coefficient (Wildman–Crippen LogP) is 3.02. The smallest absolute Gasteiger partial charge is 0.262 e. The van der Waals surface area contributed by atoms with E-state index in [9.17, 15) is 18.4 Å². The molecule has 1 amide bonds. The molecule has 1 aromatic carbocycles. The zero-order valence-corrected chi connectivity index (χ0v) is 19.2. The van der Waals surface area contributed by atoms with E-state index in [0.717, 1.165) is 0 Å². The zero-order valence-electron chi connectivity index (χ0n) is 19.2. The first-order chi connectivity index (χ1) is 16.3. The molecule has 0 saturated heterocycles. The van der Waals surface area contributed by atoms with E-state index in [-0.39, 0.29) is 30.5 Å². The molecule has 178 valence electrons. The third-order valence-electron chi connectivity index (χ3n) is 6.46. The number of nitrogens with two attached hydrogens (primary N) is 1. The molecule has 1 aromatic heterocycles. The summed E-state index contributed by atoms with van der Waals surface area (Å²) in [6.45, 7) is 1.91. The van der Waals surface area contributed by atoms with Crippen molar-refractivity contribution < 1.29 is 18.4 Å². The second kappa shape index (κ2) is 9.32. The molecule has 0 aliphatic carbocycles. The molecule has 3 heterocycles. The van der Waals surface area contributed by atoms with Gasteiger partial charge in [-0.1, -0.05) is 25.1 Å². The first kappa shape index (κ1) is 23.5. The maximum Gasteiger partial charge on any atom is 0.262 e. The molecular formula is C25H27F2N5O2. The van der Waals surface area contributed by atoms with Crippen molar-refractivity contribution in [3.8, 4) is 11.1 Å². The van der Waals surface area contributed by atoms with Crippen LogP contribution in [0.25, 0.3) is 11.1 Å². The number of ketones is 1. The number of likely N-dealkylation sites (N-methyl/N-ethyl adjacent to an activating group) is 1. The van der Waals surface area contributed by atoms with Crippen LogP contribution in [-0.4, -0.2) is 59.2 Å². The average molecular weight is 468 g/mol. The van der Waals surface area contributed by atoms with Gasteiger partial charge >= 0.3 is 0 Å². The number of rotatable bonds is 8. The third-order valence-corrected chi connectivity index (χ3v) is 6.46. The number of alkyl halides is 1. The number of aromatic nitrogens is 1. The molecule has 2 N–H and O–H groups in total. The van der Waals surface area contributed by atoms with E-state index >= 15 is 0 Å². The summed E-state index contributed by atoms with van der Waals surface area (Å²) >= 11 is 0. The molecular weight excluding hydrogens is 440 g/mol. The van der Waals surface area contributed by atoms with Gasteiger partial charge in [-0.25, -0.2) is 9.98 Å². The van der Waals surface area contributed by atoms with Crippen LogP contribution in [0.5, 0.6) is 0 Å². The molecule has 4 rings (SSSR count). The van der Waals surface area contributed by atoms with E-state index in [4.69, 9.17) is 5.73 Å². The summed E-state index contributed by atoms with van der Waals surface area (Å²) in [5.74, 6) is -1.52. The topological polar surface area (TPSA) is 91.9 Å². The van der Waals surface area contributed by atoms with Crippen LogP contribution in [0.4, 0.5) is 8.78 Å². The second-order valence-corrected chi connectivity index (χ2v) is 8.45. The Morgan fingerprint density at radius 2 is 2.09 bits per heavy atom. The van der Waals surface area contributed by atoms with Crippen molar-refractivity contribution in [3.05, 3.63) is 65.9 Å². The van der Waals surface area contributed by atoms with Crippen LogP contribution < -0.4 is 5.73 Å². The average Bonchev–Trinajstić information content (AvgIpc) is 3.38. The van der Waals surface area contributed by atoms with Gasteiger partial charge in [-0.2, -0.15) is 4.39 Å². The van der Waals surface area contributed by atoms with Crippen molar-refractivity contribution in [2.45, 2.75) is 25.3 Å². The van der Waals surface area contributed by atoms with Crippen LogP contribution in [-0.2, 0) is 15.1 Å². The number of carbonyl (C=O) groups is 2. The Labute approximate surface area is 197 Å². The summed E-state index contributed by atoms with van der Waals surface area (Å²) in [6.07, 6.45) is 3.68. The number of aliphatic imine (C=N–C) groups is 1. The van der Waals surface area contributed by atoms with Crippen molar-refractivity contribution in [1.29, 1.82) is 0 Å². The van der Waals surface area contributed by atoms with E-state index in [2.05, 4.69) is 9.98 Å². The zero-order chi connectivity index (χ0) is 24.5. The summed E-state index contributed by atoms with van der Waals surface area (Å²) in [7, 11) is 1.55. The van der Waals surface area contributed by atoms with E-state index < -0.39 is 24.1 Å². The number of amides is 1. The third kappa shape index (κ3) is 3.85. The lowest BCUT2D eigenvalue weighted by Crippen LogP contribution is -2.46. The highest BCUT2D eigenvalue weighted by Crippen LogP contribution is 2.45. The number of hydrogen-bond acceptors (Lipinski definition) is 6. The Bertz CT molecular complexity index is 1180. The number of benzene rings is 1. The molecule has 2 aliphatic heterocycles. The monoisotopic (exact) mass is 467 g/mol. The number of hydrogen-bond donors (Lipinski definition) is 1. The quantitative estimate of drug-likeness (QED) is 0.603. The van der Waals surface area contributed by atoms with Crippen LogP contribution in [0.1, 0.15) is 25.3 Å². The van der Waals surface area contributed by atoms with Gasteiger partial charge in [0, 0.05) is 44.2 Å². The van der Waals surface area contributed by atoms with Crippen molar-refractivity contribution >= 4 is 17.6 Å². The van der Waals surface area contributed by atoms with E-state index in [0.29, 0.717) is 35.5 Å². The van der Waals surface area contributed by atoms with Gasteiger partial charge in [0.05, 0.1) is 12.4 Å². The fourth-order valence-electron chi connectivity index (χ4n) is 4.68. The number of pyridine rings is 1. The van der Waals surface area contributed by atoms with Gasteiger partial charge in [-0.3, -0.25) is 18.9 Å². The standard InChI is InChI=1S/C25H27F2N5O2/c1-3-21(33)20-14-18(15-32(20)12-6-10-26)25(23(34)31(2)24(28)30-25)17-8-4-7-16(13-17)19-9-5-11-29-22(19)27/h4-5,7-9,11,13-14,18H,3,6,10,12,15H2,1-2H3,(H2,28,30)/t18?,25-/m0/s1. The van der Waals surface area contributed by atoms with Crippen molar-refractivity contribution in [1.82, 2.24) is 14.8 Å². The maximum absolute atomic E-state index is 14.4. The minimum atomic E-state index is -1.43. The molecule has 9 heteroatoms. The molecule has 7 nitrogen and oxygen atoms in total. The highest BCUT2D eigenvalue weighted by atomic mass is 19.1. The van der Waals surface area contributed by atoms with Crippen molar-refractivity contribution in [3.63, 3.8) is 0 Å². The summed E-state index contributed by atoms with van der Waals surface area (Å²) < 4.78 is 27.3. The van der Waals surface area contributed by atoms with Crippen LogP contribution in [0.3, 0.4) is 0 Å². The van der Waals surface area contributed by atoms with Gasteiger partial charge in [-0.15, -0.1) is 0 Å². The largest absolute Gasteiger partial charge is 0.369 e. The first-order valence-electron chi connectivity index (χ1n) is 11.2. The summed E-state index contributed by atoms with van der Waals surface area (Å²) in [6, 6.07) is 10.2. The molecule has 0 fully saturated rings. The number of allylic oxidation sites excluding steroid dienone is 1. The number of halogens is 2. The lowest BCUT2D eigenvalue weighted by molar-refractivity contribution is -0.132. The molecule has 2 aliphatic rings. The van der Waals surface area contributed by atoms with Gasteiger partial charge in [0.2, 0.25) is 5.95 Å². The Balaban J connectivity index is 1.85. The highest BCUT2D eigenvalue weighted by Gasteiger charge is 2.55. The van der Waals surface area contributed by atoms with Gasteiger partial charge in [0.15, 0.2) is 17.3 Å². The fourth-order valence-corrected chi connectivity index (χ4v) is 4.68. The highest BCUT2D eigenvalue weighted by molar-refractivity contribution is 6.07. The normalized spacial score (nSPS) is 22.2. The maximum atomic E-state index is 14.4. The van der Waals surface area contributed by atoms with Crippen molar-refractivity contribution in [2.75, 3.05) is 26.8 Å². The van der Waals surface area contributed by atoms with Gasteiger partial charge < -0.3 is 10.6 Å². The lowest BCUT2D eigenvalue weighted by Gasteiger charge is -2.32. The number of Topliss-reactive ketones (excluding diaryl/α,β-unsaturated/α-hetero) is 1. The molecule has 0 spiro atoms. The van der Waals surface area contributed by atoms with Crippen LogP contribution in [0.15, 0.2) is 59.4 Å². The number of nitrogens with zero attached hydrogens (tertiary/aromatic N) is 4. The van der Waals surface area contributed by atoms with E-state index in [1.807, 2.05) is 4.90 Å². The minimum absolute atomic E-state index is 0.0573. The number of guanidine groups is 1. The van der Waals surface area contributed by atoms with Crippen LogP contribution >= 0.6 is 0 Å². The minimum Gasteiger partial charge on any atom is -0.369 e. The lowest BCUT2D eigenvalue weighted by atomic mass is 9.77. The molecule has 0 saturated carbocycles. The predicted molar refractivity (Wildman–Crippen MR) is 125 cm³/mol. The first-order valence-corrected chi connectivity index (χ1v) is 11.2. The molecule has 34 heavy (non-hydrogen) atoms. The number of carbonyl (C=O) groups excluding carboxylic acids is 2. The van der Waals surface area contributed by atoms with Gasteiger partial charge in [-0.05, 0) is 41.8 Å². The summed E-state index contributed by atoms with van der Waals surface area (Å²) in [5, 5.41) is 0. The molecule has 0 radical (unpaired) electrons. The SMILES string of the molecule is CCC(=O)C1=CC([C@]2(c3cccc(-c4cccnc4F)c3)N=C(N)N(C)C2=O)CN1CCCF. The molecule has 1 unspecified atom stereocenters. The summed E-state index contributed by atoms with van der Waals surface area (Å²) in [5.41, 5.74) is 6.49. The van der Waals surface area contributed by atoms with Crippen molar-refractivity contribution in [2.24, 2.45) is 16.6 Å². The van der Waals surface area contributed by atoms with Gasteiger partial charge in [0.25, 0.3) is 5.91 Å². The molecule has 0 bridgehead atoms. The molecule has 2 atom stereocenters. The summed E-state index contributed by atoms with van der Waals surface area (Å²) in [4.78, 5) is 37.8. The van der Waals surface area contributed by atoms with E-state index in [1.54, 1.807) is 56.4 Å². The molecule has 2 aromatic rings. The fraction of sp³-hybridized carbons (Fsp3) is 0.360. The second-order valence-electron chi connectivity index (χ2n) is 8.45. The van der Waals surface area contributed by atoms with Gasteiger partial charge in [0.1, 0.15) is 0 Å². The Morgan fingerprint density at radius 1 is 1.29 bits per heavy atom. The van der Waals surface area contributed by atoms with E-state index in [1.165, 1.54) is 11.1 Å². The Morgan fingerprint density at radius 3 is 2.74 bits per heavy atom.